The third kappa shape index (κ3) is 3.31. The Labute approximate surface area is 132 Å². The van der Waals surface area contributed by atoms with Crippen molar-refractivity contribution in [2.24, 2.45) is 0 Å². The number of rotatable bonds is 5. The van der Waals surface area contributed by atoms with Crippen molar-refractivity contribution in [3.63, 3.8) is 0 Å². The fourth-order valence-electron chi connectivity index (χ4n) is 2.20. The number of hydrogen-bond acceptors (Lipinski definition) is 3. The molecule has 0 amide bonds. The van der Waals surface area contributed by atoms with Gasteiger partial charge in [-0.15, -0.1) is 0 Å². The maximum absolute atomic E-state index is 8.33. The molecule has 22 heavy (non-hydrogen) atoms. The highest BCUT2D eigenvalue weighted by atomic mass is 32.2. The molecule has 0 fully saturated rings. The average Bonchev–Trinajstić information content (AvgIpc) is 2.59. The fourth-order valence-corrected chi connectivity index (χ4v) is 4.28. The van der Waals surface area contributed by atoms with Crippen molar-refractivity contribution < 1.29 is 15.2 Å². The lowest BCUT2D eigenvalue weighted by Crippen LogP contribution is -2.04. The van der Waals surface area contributed by atoms with Crippen LogP contribution in [0.2, 0.25) is 0 Å². The van der Waals surface area contributed by atoms with E-state index in [9.17, 15) is 0 Å². The minimum absolute atomic E-state index is 0.186. The second kappa shape index (κ2) is 7.13. The molecule has 0 spiro atoms. The van der Waals surface area contributed by atoms with Gasteiger partial charge in [-0.1, -0.05) is 36.4 Å². The van der Waals surface area contributed by atoms with Crippen LogP contribution in [0.25, 0.3) is 0 Å². The second-order valence-electron chi connectivity index (χ2n) is 4.56. The molecule has 0 aliphatic carbocycles. The van der Waals surface area contributed by atoms with Crippen LogP contribution in [0, 0.1) is 0 Å². The van der Waals surface area contributed by atoms with Crippen LogP contribution in [0.1, 0.15) is 0 Å². The van der Waals surface area contributed by atoms with Crippen LogP contribution in [0.5, 0.6) is 5.75 Å². The Balaban J connectivity index is 2.02. The van der Waals surface area contributed by atoms with Gasteiger partial charge >= 0.3 is 0 Å². The Morgan fingerprint density at radius 1 is 0.591 bits per heavy atom. The van der Waals surface area contributed by atoms with E-state index in [0.29, 0.717) is 5.75 Å². The van der Waals surface area contributed by atoms with E-state index in [-0.39, 0.29) is 10.9 Å². The average molecular weight is 311 g/mol. The van der Waals surface area contributed by atoms with Crippen molar-refractivity contribution in [1.82, 2.24) is 0 Å². The molecule has 0 saturated carbocycles. The zero-order valence-electron chi connectivity index (χ0n) is 11.8. The molecule has 3 aromatic rings. The zero-order valence-corrected chi connectivity index (χ0v) is 12.6. The van der Waals surface area contributed by atoms with Crippen LogP contribution in [-0.2, 0) is 15.9 Å². The molecule has 4 heteroatoms. The molecular weight excluding hydrogens is 296 g/mol. The van der Waals surface area contributed by atoms with Gasteiger partial charge in [-0.05, 0) is 53.6 Å². The summed E-state index contributed by atoms with van der Waals surface area (Å²) < 4.78 is 0. The first-order chi connectivity index (χ1) is 10.9. The summed E-state index contributed by atoms with van der Waals surface area (Å²) >= 11 is 0. The molecule has 0 atom stereocenters. The smallest absolute Gasteiger partial charge is 0.169 e. The summed E-state index contributed by atoms with van der Waals surface area (Å²) in [5, 5.41) is 12.0. The van der Waals surface area contributed by atoms with Gasteiger partial charge < -0.3 is 4.89 Å². The third-order valence-electron chi connectivity index (χ3n) is 3.15. The van der Waals surface area contributed by atoms with Crippen molar-refractivity contribution in [3.05, 3.63) is 84.9 Å². The van der Waals surface area contributed by atoms with Crippen molar-refractivity contribution in [2.75, 3.05) is 0 Å². The number of benzene rings is 3. The van der Waals surface area contributed by atoms with E-state index in [0.717, 1.165) is 0 Å². The molecule has 0 aliphatic heterocycles. The molecule has 0 aliphatic rings. The summed E-state index contributed by atoms with van der Waals surface area (Å²) in [5.41, 5.74) is 0. The van der Waals surface area contributed by atoms with Gasteiger partial charge in [0, 0.05) is 0 Å². The normalized spacial score (nSPS) is 10.6. The zero-order chi connectivity index (χ0) is 15.2. The third-order valence-corrected chi connectivity index (χ3v) is 5.38. The van der Waals surface area contributed by atoms with Gasteiger partial charge in [-0.25, -0.2) is 5.26 Å². The Bertz CT molecular complexity index is 660. The Kier molecular flexibility index (Phi) is 4.75. The van der Waals surface area contributed by atoms with Crippen molar-refractivity contribution in [2.45, 2.75) is 14.7 Å². The monoisotopic (exact) mass is 311 g/mol. The number of hydrogen-bond donors (Lipinski definition) is 1. The first kappa shape index (κ1) is 14.7. The Morgan fingerprint density at radius 2 is 1.05 bits per heavy atom. The molecule has 1 N–H and O–H groups in total. The summed E-state index contributed by atoms with van der Waals surface area (Å²) in [6.45, 7) is 0. The summed E-state index contributed by atoms with van der Waals surface area (Å²) in [5.74, 6) is 0.455. The SMILES string of the molecule is OOOc1ccc([S+](c2ccccc2)c2ccccc2)cc1. The van der Waals surface area contributed by atoms with E-state index < -0.39 is 0 Å². The van der Waals surface area contributed by atoms with E-state index in [1.54, 1.807) is 12.1 Å². The van der Waals surface area contributed by atoms with Crippen LogP contribution >= 0.6 is 0 Å². The summed E-state index contributed by atoms with van der Waals surface area (Å²) in [6, 6.07) is 28.3. The second-order valence-corrected chi connectivity index (χ2v) is 6.59. The van der Waals surface area contributed by atoms with Gasteiger partial charge in [0.1, 0.15) is 0 Å². The van der Waals surface area contributed by atoms with Gasteiger partial charge in [-0.3, -0.25) is 0 Å². The van der Waals surface area contributed by atoms with Crippen LogP contribution in [0.15, 0.2) is 99.6 Å². The summed E-state index contributed by atoms with van der Waals surface area (Å²) in [6.07, 6.45) is 0. The highest BCUT2D eigenvalue weighted by Gasteiger charge is 2.28. The van der Waals surface area contributed by atoms with Crippen LogP contribution < -0.4 is 4.89 Å². The van der Waals surface area contributed by atoms with E-state index >= 15 is 0 Å². The highest BCUT2D eigenvalue weighted by Crippen LogP contribution is 2.31. The molecule has 3 nitrogen and oxygen atoms in total. The van der Waals surface area contributed by atoms with Crippen LogP contribution in [-0.4, -0.2) is 5.26 Å². The minimum Gasteiger partial charge on any atom is -0.308 e. The quantitative estimate of drug-likeness (QED) is 0.426. The van der Waals surface area contributed by atoms with Gasteiger partial charge in [0.25, 0.3) is 0 Å². The van der Waals surface area contributed by atoms with Crippen molar-refractivity contribution >= 4 is 10.9 Å². The van der Waals surface area contributed by atoms with Gasteiger partial charge in [-0.2, -0.15) is 0 Å². The molecule has 0 bridgehead atoms. The lowest BCUT2D eigenvalue weighted by Gasteiger charge is -2.08. The largest absolute Gasteiger partial charge is 0.308 e. The maximum atomic E-state index is 8.33. The molecule has 0 heterocycles. The van der Waals surface area contributed by atoms with E-state index in [4.69, 9.17) is 5.26 Å². The van der Waals surface area contributed by atoms with E-state index in [2.05, 4.69) is 58.5 Å². The lowest BCUT2D eigenvalue weighted by atomic mass is 10.3. The Hall–Kier alpha value is -2.27. The van der Waals surface area contributed by atoms with Crippen molar-refractivity contribution in [1.29, 1.82) is 0 Å². The molecule has 3 aromatic carbocycles. The molecule has 0 aromatic heterocycles. The highest BCUT2D eigenvalue weighted by molar-refractivity contribution is 7.97. The molecule has 3 rings (SSSR count). The molecule has 110 valence electrons. The van der Waals surface area contributed by atoms with Crippen molar-refractivity contribution in [3.8, 4) is 5.75 Å². The predicted octanol–water partition coefficient (Wildman–Crippen LogP) is 4.57. The van der Waals surface area contributed by atoms with Gasteiger partial charge in [0.05, 0.1) is 10.9 Å². The topological polar surface area (TPSA) is 38.7 Å². The molecule has 0 unspecified atom stereocenters. The van der Waals surface area contributed by atoms with E-state index in [1.807, 2.05) is 24.3 Å². The Morgan fingerprint density at radius 3 is 1.50 bits per heavy atom. The van der Waals surface area contributed by atoms with Crippen LogP contribution in [0.3, 0.4) is 0 Å². The maximum Gasteiger partial charge on any atom is 0.169 e. The standard InChI is InChI=1S/C18H14O3S/c19-21-20-15-11-13-18(14-12-15)22(16-7-3-1-4-8-16)17-9-5-2-6-10-17/h1-14H/p+1. The van der Waals surface area contributed by atoms with Gasteiger partial charge in [0.2, 0.25) is 0 Å². The first-order valence-electron chi connectivity index (χ1n) is 6.81. The molecule has 0 radical (unpaired) electrons. The summed E-state index contributed by atoms with van der Waals surface area (Å²) in [4.78, 5) is 8.28. The lowest BCUT2D eigenvalue weighted by molar-refractivity contribution is -0.438. The fraction of sp³-hybridized carbons (Fsp3) is 0. The van der Waals surface area contributed by atoms with Gasteiger partial charge in [0.15, 0.2) is 20.4 Å². The van der Waals surface area contributed by atoms with Crippen LogP contribution in [0.4, 0.5) is 0 Å². The summed E-state index contributed by atoms with van der Waals surface area (Å²) in [7, 11) is -0.186. The minimum atomic E-state index is -0.186. The predicted molar refractivity (Wildman–Crippen MR) is 85.8 cm³/mol. The molecular formula is C18H15O3S+. The first-order valence-corrected chi connectivity index (χ1v) is 8.03. The molecule has 0 saturated heterocycles. The van der Waals surface area contributed by atoms with E-state index in [1.165, 1.54) is 14.7 Å².